The van der Waals surface area contributed by atoms with Crippen LogP contribution in [0, 0.1) is 5.92 Å². The number of anilines is 4. The first-order valence-corrected chi connectivity index (χ1v) is 8.10. The van der Waals surface area contributed by atoms with Crippen molar-refractivity contribution in [2.45, 2.75) is 26.4 Å². The fourth-order valence-corrected chi connectivity index (χ4v) is 2.52. The van der Waals surface area contributed by atoms with Crippen LogP contribution >= 0.6 is 0 Å². The number of carbonyl (C=O) groups is 1. The van der Waals surface area contributed by atoms with Crippen LogP contribution in [0.2, 0.25) is 0 Å². The number of carbonyl (C=O) groups excluding carboxylic acids is 1. The molecule has 2 aromatic rings. The van der Waals surface area contributed by atoms with E-state index in [-0.39, 0.29) is 30.0 Å². The zero-order valence-electron chi connectivity index (χ0n) is 14.2. The minimum Gasteiger partial charge on any atom is -0.369 e. The number of fused-ring (bicyclic) bond motifs is 1. The number of hydrogen-bond donors (Lipinski definition) is 3. The predicted octanol–water partition coefficient (Wildman–Crippen LogP) is 3.80. The Kier molecular flexibility index (Phi) is 4.71. The van der Waals surface area contributed by atoms with Crippen molar-refractivity contribution >= 4 is 29.0 Å². The van der Waals surface area contributed by atoms with Gasteiger partial charge < -0.3 is 16.0 Å². The third-order valence-electron chi connectivity index (χ3n) is 3.76. The van der Waals surface area contributed by atoms with Crippen molar-refractivity contribution in [3.8, 4) is 0 Å². The molecule has 0 saturated carbocycles. The van der Waals surface area contributed by atoms with Gasteiger partial charge in [-0.1, -0.05) is 13.8 Å². The first kappa shape index (κ1) is 18.0. The molecule has 3 N–H and O–H groups in total. The zero-order chi connectivity index (χ0) is 18.9. The molecule has 0 bridgehead atoms. The van der Waals surface area contributed by atoms with Gasteiger partial charge in [-0.3, -0.25) is 4.79 Å². The molecule has 26 heavy (non-hydrogen) atoms. The molecule has 0 radical (unpaired) electrons. The minimum absolute atomic E-state index is 0.0430. The van der Waals surface area contributed by atoms with Crippen molar-refractivity contribution in [3.63, 3.8) is 0 Å². The lowest BCUT2D eigenvalue weighted by atomic mass is 10.1. The second kappa shape index (κ2) is 6.81. The number of nitrogens with one attached hydrogen (secondary N) is 3. The molecule has 1 aromatic carbocycles. The summed E-state index contributed by atoms with van der Waals surface area (Å²) in [5.41, 5.74) is 1.22. The van der Waals surface area contributed by atoms with Crippen LogP contribution in [-0.4, -0.2) is 22.4 Å². The number of aromatic nitrogens is 2. The second-order valence-corrected chi connectivity index (χ2v) is 6.45. The maximum absolute atomic E-state index is 13.1. The fourth-order valence-electron chi connectivity index (χ4n) is 2.52. The Morgan fingerprint density at radius 2 is 2.08 bits per heavy atom. The van der Waals surface area contributed by atoms with E-state index in [9.17, 15) is 18.0 Å². The highest BCUT2D eigenvalue weighted by atomic mass is 19.4. The van der Waals surface area contributed by atoms with Crippen LogP contribution < -0.4 is 16.0 Å². The Balaban J connectivity index is 1.85. The van der Waals surface area contributed by atoms with Crippen molar-refractivity contribution in [2.75, 3.05) is 22.5 Å². The Bertz CT molecular complexity index is 836. The van der Waals surface area contributed by atoms with Gasteiger partial charge in [0.15, 0.2) is 0 Å². The number of rotatable bonds is 5. The SMILES string of the molecule is CC(C)CNc1nc(Nc2ccc3c(c2)CC(=O)N3)ncc1C(F)(F)F. The number of nitrogens with zero attached hydrogens (tertiary/aromatic N) is 2. The topological polar surface area (TPSA) is 78.9 Å². The summed E-state index contributed by atoms with van der Waals surface area (Å²) >= 11 is 0. The quantitative estimate of drug-likeness (QED) is 0.751. The maximum Gasteiger partial charge on any atom is 0.421 e. The molecule has 138 valence electrons. The van der Waals surface area contributed by atoms with Crippen LogP contribution in [0.1, 0.15) is 25.0 Å². The maximum atomic E-state index is 13.1. The van der Waals surface area contributed by atoms with E-state index >= 15 is 0 Å². The summed E-state index contributed by atoms with van der Waals surface area (Å²) in [4.78, 5) is 19.2. The number of amides is 1. The predicted molar refractivity (Wildman–Crippen MR) is 92.4 cm³/mol. The molecule has 0 saturated heterocycles. The minimum atomic E-state index is -4.54. The Hall–Kier alpha value is -2.84. The van der Waals surface area contributed by atoms with E-state index in [0.717, 1.165) is 17.4 Å². The number of hydrogen-bond acceptors (Lipinski definition) is 5. The van der Waals surface area contributed by atoms with Gasteiger partial charge in [-0.2, -0.15) is 18.2 Å². The summed E-state index contributed by atoms with van der Waals surface area (Å²) < 4.78 is 39.4. The molecule has 3 rings (SSSR count). The number of benzene rings is 1. The number of halogens is 3. The van der Waals surface area contributed by atoms with Crippen LogP contribution in [0.25, 0.3) is 0 Å². The Morgan fingerprint density at radius 3 is 2.77 bits per heavy atom. The first-order valence-electron chi connectivity index (χ1n) is 8.10. The molecule has 2 heterocycles. The van der Waals surface area contributed by atoms with E-state index in [2.05, 4.69) is 25.9 Å². The molecule has 0 aliphatic carbocycles. The largest absolute Gasteiger partial charge is 0.421 e. The van der Waals surface area contributed by atoms with Gasteiger partial charge in [0.2, 0.25) is 11.9 Å². The van der Waals surface area contributed by atoms with E-state index in [4.69, 9.17) is 0 Å². The highest BCUT2D eigenvalue weighted by molar-refractivity contribution is 5.99. The average Bonchev–Trinajstić information content (AvgIpc) is 2.91. The van der Waals surface area contributed by atoms with Gasteiger partial charge in [-0.05, 0) is 29.7 Å². The van der Waals surface area contributed by atoms with Crippen molar-refractivity contribution < 1.29 is 18.0 Å². The van der Waals surface area contributed by atoms with Crippen molar-refractivity contribution in [1.82, 2.24) is 9.97 Å². The molecule has 1 amide bonds. The smallest absolute Gasteiger partial charge is 0.369 e. The summed E-state index contributed by atoms with van der Waals surface area (Å²) in [6.07, 6.45) is -3.52. The highest BCUT2D eigenvalue weighted by Crippen LogP contribution is 2.34. The van der Waals surface area contributed by atoms with Gasteiger partial charge >= 0.3 is 6.18 Å². The lowest BCUT2D eigenvalue weighted by Crippen LogP contribution is -2.17. The normalized spacial score (nSPS) is 13.5. The fraction of sp³-hybridized carbons (Fsp3) is 0.353. The van der Waals surface area contributed by atoms with Crippen LogP contribution in [0.5, 0.6) is 0 Å². The lowest BCUT2D eigenvalue weighted by molar-refractivity contribution is -0.137. The zero-order valence-corrected chi connectivity index (χ0v) is 14.2. The third kappa shape index (κ3) is 4.04. The van der Waals surface area contributed by atoms with E-state index < -0.39 is 11.7 Å². The lowest BCUT2D eigenvalue weighted by Gasteiger charge is -2.16. The summed E-state index contributed by atoms with van der Waals surface area (Å²) in [5.74, 6) is -0.157. The first-order chi connectivity index (χ1) is 12.2. The standard InChI is InChI=1S/C17H18F3N5O/c1-9(2)7-21-15-12(17(18,19)20)8-22-16(25-15)23-11-3-4-13-10(5-11)6-14(26)24-13/h3-5,8-9H,6-7H2,1-2H3,(H,24,26)(H2,21,22,23,25). The Morgan fingerprint density at radius 1 is 1.31 bits per heavy atom. The molecule has 1 aliphatic heterocycles. The van der Waals surface area contributed by atoms with E-state index in [0.29, 0.717) is 12.2 Å². The van der Waals surface area contributed by atoms with E-state index in [1.165, 1.54) is 0 Å². The second-order valence-electron chi connectivity index (χ2n) is 6.45. The summed E-state index contributed by atoms with van der Waals surface area (Å²) in [6.45, 7) is 4.13. The molecule has 0 spiro atoms. The monoisotopic (exact) mass is 365 g/mol. The van der Waals surface area contributed by atoms with Gasteiger partial charge in [0.1, 0.15) is 11.4 Å². The van der Waals surface area contributed by atoms with Crippen molar-refractivity contribution in [1.29, 1.82) is 0 Å². The molecular weight excluding hydrogens is 347 g/mol. The highest BCUT2D eigenvalue weighted by Gasteiger charge is 2.35. The van der Waals surface area contributed by atoms with E-state index in [1.807, 2.05) is 13.8 Å². The molecule has 6 nitrogen and oxygen atoms in total. The van der Waals surface area contributed by atoms with Crippen molar-refractivity contribution in [3.05, 3.63) is 35.5 Å². The average molecular weight is 365 g/mol. The summed E-state index contributed by atoms with van der Waals surface area (Å²) in [7, 11) is 0. The molecule has 0 atom stereocenters. The van der Waals surface area contributed by atoms with Crippen LogP contribution in [0.3, 0.4) is 0 Å². The van der Waals surface area contributed by atoms with Gasteiger partial charge in [0.25, 0.3) is 0 Å². The van der Waals surface area contributed by atoms with Crippen LogP contribution in [0.4, 0.5) is 36.3 Å². The summed E-state index contributed by atoms with van der Waals surface area (Å²) in [6, 6.07) is 5.17. The molecule has 1 aromatic heterocycles. The summed E-state index contributed by atoms with van der Waals surface area (Å²) in [5, 5.41) is 8.33. The number of alkyl halides is 3. The van der Waals surface area contributed by atoms with Gasteiger partial charge in [-0.25, -0.2) is 4.98 Å². The van der Waals surface area contributed by atoms with Gasteiger partial charge in [0.05, 0.1) is 6.42 Å². The van der Waals surface area contributed by atoms with Crippen molar-refractivity contribution in [2.24, 2.45) is 5.92 Å². The van der Waals surface area contributed by atoms with Gasteiger partial charge in [0, 0.05) is 24.1 Å². The van der Waals surface area contributed by atoms with Gasteiger partial charge in [-0.15, -0.1) is 0 Å². The molecule has 1 aliphatic rings. The molecular formula is C17H18F3N5O. The molecule has 0 unspecified atom stereocenters. The molecule has 9 heteroatoms. The van der Waals surface area contributed by atoms with E-state index in [1.54, 1.807) is 18.2 Å². The van der Waals surface area contributed by atoms with Crippen LogP contribution in [-0.2, 0) is 17.4 Å². The third-order valence-corrected chi connectivity index (χ3v) is 3.76. The Labute approximate surface area is 148 Å². The van der Waals surface area contributed by atoms with Crippen LogP contribution in [0.15, 0.2) is 24.4 Å². The molecule has 0 fully saturated rings.